The smallest absolute Gasteiger partial charge is 0.229 e. The molecule has 2 heterocycles. The lowest BCUT2D eigenvalue weighted by atomic mass is 9.55. The van der Waals surface area contributed by atoms with Crippen molar-refractivity contribution in [3.05, 3.63) is 36.0 Å². The largest absolute Gasteiger partial charge is 0.302 e. The Balaban J connectivity index is 1.33. The average molecular weight is 395 g/mol. The van der Waals surface area contributed by atoms with Gasteiger partial charge in [-0.3, -0.25) is 4.79 Å². The van der Waals surface area contributed by atoms with Gasteiger partial charge in [0.05, 0.1) is 11.4 Å². The van der Waals surface area contributed by atoms with Gasteiger partial charge in [-0.1, -0.05) is 31.4 Å². The summed E-state index contributed by atoms with van der Waals surface area (Å²) in [5.41, 5.74) is 2.95. The molecular formula is C20H22N6OS. The molecule has 2 aliphatic rings. The number of nitrogens with one attached hydrogen (secondary N) is 1. The van der Waals surface area contributed by atoms with Crippen LogP contribution in [-0.2, 0) is 4.79 Å². The molecule has 3 aromatic rings. The molecule has 7 nitrogen and oxygen atoms in total. The molecule has 8 heteroatoms. The lowest BCUT2D eigenvalue weighted by Gasteiger charge is -2.50. The van der Waals surface area contributed by atoms with E-state index in [0.717, 1.165) is 29.8 Å². The number of carbonyl (C=O) groups excluding carboxylic acids is 1. The lowest BCUT2D eigenvalue weighted by molar-refractivity contribution is -0.129. The summed E-state index contributed by atoms with van der Waals surface area (Å²) in [6.07, 6.45) is 9.89. The van der Waals surface area contributed by atoms with Gasteiger partial charge in [0.2, 0.25) is 5.91 Å². The van der Waals surface area contributed by atoms with Crippen LogP contribution in [0.15, 0.2) is 36.0 Å². The predicted octanol–water partition coefficient (Wildman–Crippen LogP) is 4.08. The van der Waals surface area contributed by atoms with Crippen molar-refractivity contribution < 1.29 is 4.79 Å². The fraction of sp³-hybridized carbons (Fsp3) is 0.450. The first kappa shape index (κ1) is 17.5. The Hall–Kier alpha value is -2.61. The van der Waals surface area contributed by atoms with Crippen LogP contribution < -0.4 is 5.32 Å². The highest BCUT2D eigenvalue weighted by atomic mass is 32.1. The first-order valence-corrected chi connectivity index (χ1v) is 10.7. The van der Waals surface area contributed by atoms with E-state index in [-0.39, 0.29) is 17.2 Å². The van der Waals surface area contributed by atoms with E-state index < -0.39 is 0 Å². The lowest BCUT2D eigenvalue weighted by Crippen LogP contribution is -2.45. The first-order valence-electron chi connectivity index (χ1n) is 9.84. The Morgan fingerprint density at radius 2 is 2.11 bits per heavy atom. The van der Waals surface area contributed by atoms with Gasteiger partial charge in [-0.2, -0.15) is 0 Å². The van der Waals surface area contributed by atoms with Gasteiger partial charge in [-0.15, -0.1) is 16.4 Å². The average Bonchev–Trinajstić information content (AvgIpc) is 3.39. The van der Waals surface area contributed by atoms with Crippen LogP contribution in [0.25, 0.3) is 16.9 Å². The number of tetrazole rings is 1. The minimum atomic E-state index is 0.144. The van der Waals surface area contributed by atoms with E-state index in [9.17, 15) is 4.79 Å². The SMILES string of the molecule is O=C(Nc1nc(-c2cccc(-n3cnnn3)c2)cs1)C1CCCCC12CCC2. The van der Waals surface area contributed by atoms with Gasteiger partial charge >= 0.3 is 0 Å². The summed E-state index contributed by atoms with van der Waals surface area (Å²) in [5.74, 6) is 0.299. The van der Waals surface area contributed by atoms with E-state index in [0.29, 0.717) is 5.13 Å². The molecule has 5 rings (SSSR count). The van der Waals surface area contributed by atoms with Gasteiger partial charge < -0.3 is 5.32 Å². The Bertz CT molecular complexity index is 978. The molecule has 1 N–H and O–H groups in total. The number of benzene rings is 1. The van der Waals surface area contributed by atoms with Crippen LogP contribution in [0.3, 0.4) is 0 Å². The molecule has 1 spiro atoms. The van der Waals surface area contributed by atoms with Gasteiger partial charge in [-0.25, -0.2) is 9.67 Å². The molecule has 1 amide bonds. The Morgan fingerprint density at radius 1 is 1.21 bits per heavy atom. The standard InChI is InChI=1S/C20H22N6OS/c27-18(16-7-1-2-8-20(16)9-4-10-20)23-19-22-17(12-28-19)14-5-3-6-15(11-14)26-13-21-24-25-26/h3,5-6,11-13,16H,1-2,4,7-10H2,(H,22,23,27). The quantitative estimate of drug-likeness (QED) is 0.720. The van der Waals surface area contributed by atoms with E-state index >= 15 is 0 Å². The first-order chi connectivity index (χ1) is 13.7. The molecule has 0 radical (unpaired) electrons. The molecule has 0 bridgehead atoms. The Morgan fingerprint density at radius 3 is 2.89 bits per heavy atom. The molecule has 1 unspecified atom stereocenters. The third-order valence-corrected chi connectivity index (χ3v) is 7.07. The molecule has 2 aromatic heterocycles. The van der Waals surface area contributed by atoms with Crippen LogP contribution in [0.2, 0.25) is 0 Å². The van der Waals surface area contributed by atoms with Crippen LogP contribution in [0.5, 0.6) is 0 Å². The van der Waals surface area contributed by atoms with E-state index in [2.05, 4.69) is 25.8 Å². The molecule has 2 aliphatic carbocycles. The van der Waals surface area contributed by atoms with Crippen LogP contribution in [0.1, 0.15) is 44.9 Å². The highest BCUT2D eigenvalue weighted by Crippen LogP contribution is 2.55. The zero-order valence-corrected chi connectivity index (χ0v) is 16.4. The topological polar surface area (TPSA) is 85.6 Å². The van der Waals surface area contributed by atoms with E-state index in [1.807, 2.05) is 29.6 Å². The zero-order chi connectivity index (χ0) is 19.0. The van der Waals surface area contributed by atoms with E-state index in [1.165, 1.54) is 43.4 Å². The number of rotatable bonds is 4. The number of thiazole rings is 1. The Labute approximate surface area is 167 Å². The van der Waals surface area contributed by atoms with Crippen LogP contribution in [0.4, 0.5) is 5.13 Å². The highest BCUT2D eigenvalue weighted by molar-refractivity contribution is 7.14. The maximum atomic E-state index is 13.0. The number of aromatic nitrogens is 5. The van der Waals surface area contributed by atoms with Crippen molar-refractivity contribution in [1.29, 1.82) is 0 Å². The molecule has 1 aromatic carbocycles. The van der Waals surface area contributed by atoms with Crippen molar-refractivity contribution in [2.24, 2.45) is 11.3 Å². The van der Waals surface area contributed by atoms with Crippen molar-refractivity contribution >= 4 is 22.4 Å². The van der Waals surface area contributed by atoms with Gasteiger partial charge in [0.15, 0.2) is 5.13 Å². The van der Waals surface area contributed by atoms with Gasteiger partial charge in [-0.05, 0) is 53.7 Å². The molecule has 2 fully saturated rings. The fourth-order valence-electron chi connectivity index (χ4n) is 4.69. The number of nitrogens with zero attached hydrogens (tertiary/aromatic N) is 5. The maximum absolute atomic E-state index is 13.0. The summed E-state index contributed by atoms with van der Waals surface area (Å²) in [4.78, 5) is 17.6. The second-order valence-electron chi connectivity index (χ2n) is 7.85. The minimum Gasteiger partial charge on any atom is -0.302 e. The summed E-state index contributed by atoms with van der Waals surface area (Å²) < 4.78 is 1.61. The molecule has 144 valence electrons. The zero-order valence-electron chi connectivity index (χ0n) is 15.5. The Kier molecular flexibility index (Phi) is 4.43. The van der Waals surface area contributed by atoms with Crippen LogP contribution in [0, 0.1) is 11.3 Å². The summed E-state index contributed by atoms with van der Waals surface area (Å²) in [5, 5.41) is 17.0. The monoisotopic (exact) mass is 394 g/mol. The maximum Gasteiger partial charge on any atom is 0.229 e. The molecule has 28 heavy (non-hydrogen) atoms. The highest BCUT2D eigenvalue weighted by Gasteiger charge is 2.48. The van der Waals surface area contributed by atoms with Gasteiger partial charge in [0.25, 0.3) is 0 Å². The number of amides is 1. The molecular weight excluding hydrogens is 372 g/mol. The second-order valence-corrected chi connectivity index (χ2v) is 8.70. The van der Waals surface area contributed by atoms with E-state index in [4.69, 9.17) is 0 Å². The number of anilines is 1. The molecule has 0 saturated heterocycles. The van der Waals surface area contributed by atoms with Gasteiger partial charge in [0.1, 0.15) is 6.33 Å². The summed E-state index contributed by atoms with van der Waals surface area (Å²) in [6, 6.07) is 7.88. The van der Waals surface area contributed by atoms with Gasteiger partial charge in [0, 0.05) is 16.9 Å². The molecule has 2 saturated carbocycles. The predicted molar refractivity (Wildman–Crippen MR) is 107 cm³/mol. The number of hydrogen-bond donors (Lipinski definition) is 1. The molecule has 0 aliphatic heterocycles. The van der Waals surface area contributed by atoms with Crippen LogP contribution in [-0.4, -0.2) is 31.1 Å². The molecule has 1 atom stereocenters. The summed E-state index contributed by atoms with van der Waals surface area (Å²) in [7, 11) is 0. The number of hydrogen-bond acceptors (Lipinski definition) is 6. The van der Waals surface area contributed by atoms with Crippen molar-refractivity contribution in [2.45, 2.75) is 44.9 Å². The number of carbonyl (C=O) groups is 1. The normalized spacial score (nSPS) is 20.6. The van der Waals surface area contributed by atoms with Crippen molar-refractivity contribution in [3.63, 3.8) is 0 Å². The minimum absolute atomic E-state index is 0.144. The van der Waals surface area contributed by atoms with Crippen molar-refractivity contribution in [1.82, 2.24) is 25.2 Å². The van der Waals surface area contributed by atoms with Crippen molar-refractivity contribution in [3.8, 4) is 16.9 Å². The second kappa shape index (κ2) is 7.09. The van der Waals surface area contributed by atoms with E-state index in [1.54, 1.807) is 11.0 Å². The fourth-order valence-corrected chi connectivity index (χ4v) is 5.41. The van der Waals surface area contributed by atoms with Crippen LogP contribution >= 0.6 is 11.3 Å². The third-order valence-electron chi connectivity index (χ3n) is 6.31. The third kappa shape index (κ3) is 3.11. The summed E-state index contributed by atoms with van der Waals surface area (Å²) in [6.45, 7) is 0. The summed E-state index contributed by atoms with van der Waals surface area (Å²) >= 11 is 1.48. The van der Waals surface area contributed by atoms with Crippen molar-refractivity contribution in [2.75, 3.05) is 5.32 Å².